The normalized spacial score (nSPS) is 25.1. The Kier molecular flexibility index (Phi) is 3.41. The van der Waals surface area contributed by atoms with Gasteiger partial charge in [0.15, 0.2) is 5.78 Å². The maximum Gasteiger partial charge on any atom is 0.392 e. The van der Waals surface area contributed by atoms with Gasteiger partial charge in [0, 0.05) is 13.0 Å². The summed E-state index contributed by atoms with van der Waals surface area (Å²) >= 11 is 0. The zero-order valence-corrected chi connectivity index (χ0v) is 9.94. The van der Waals surface area contributed by atoms with Crippen LogP contribution in [0.1, 0.15) is 36.2 Å². The summed E-state index contributed by atoms with van der Waals surface area (Å²) in [6.45, 7) is 0. The SMILES string of the molecule is Cn1nncc1C(=O)C1CCCCC1C(F)(F)F. The van der Waals surface area contributed by atoms with Crippen molar-refractivity contribution in [1.82, 2.24) is 15.0 Å². The molecule has 2 rings (SSSR count). The predicted molar refractivity (Wildman–Crippen MR) is 56.8 cm³/mol. The molecule has 0 saturated heterocycles. The fourth-order valence-electron chi connectivity index (χ4n) is 2.54. The van der Waals surface area contributed by atoms with Gasteiger partial charge in [-0.1, -0.05) is 18.1 Å². The van der Waals surface area contributed by atoms with E-state index in [1.807, 2.05) is 0 Å². The third-order valence-electron chi connectivity index (χ3n) is 3.49. The van der Waals surface area contributed by atoms with E-state index in [2.05, 4.69) is 10.3 Å². The second-order valence-corrected chi connectivity index (χ2v) is 4.65. The molecule has 1 aromatic rings. The van der Waals surface area contributed by atoms with E-state index in [1.54, 1.807) is 0 Å². The van der Waals surface area contributed by atoms with Crippen LogP contribution in [0.15, 0.2) is 6.20 Å². The van der Waals surface area contributed by atoms with Crippen molar-refractivity contribution in [3.05, 3.63) is 11.9 Å². The van der Waals surface area contributed by atoms with Gasteiger partial charge in [0.25, 0.3) is 0 Å². The van der Waals surface area contributed by atoms with Gasteiger partial charge in [-0.3, -0.25) is 4.79 Å². The topological polar surface area (TPSA) is 47.8 Å². The Morgan fingerprint density at radius 1 is 1.39 bits per heavy atom. The summed E-state index contributed by atoms with van der Waals surface area (Å²) in [4.78, 5) is 12.1. The van der Waals surface area contributed by atoms with Crippen LogP contribution < -0.4 is 0 Å². The van der Waals surface area contributed by atoms with E-state index in [9.17, 15) is 18.0 Å². The molecule has 2 atom stereocenters. The van der Waals surface area contributed by atoms with Crippen molar-refractivity contribution in [1.29, 1.82) is 0 Å². The third kappa shape index (κ3) is 2.39. The first kappa shape index (κ1) is 13.0. The summed E-state index contributed by atoms with van der Waals surface area (Å²) < 4.78 is 39.9. The predicted octanol–water partition coefficient (Wildman–Crippen LogP) is 2.37. The number of alkyl halides is 3. The van der Waals surface area contributed by atoms with E-state index in [0.29, 0.717) is 12.8 Å². The van der Waals surface area contributed by atoms with Gasteiger partial charge in [0.1, 0.15) is 5.69 Å². The lowest BCUT2D eigenvalue weighted by Crippen LogP contribution is -2.37. The summed E-state index contributed by atoms with van der Waals surface area (Å²) in [6, 6.07) is 0. The molecule has 4 nitrogen and oxygen atoms in total. The van der Waals surface area contributed by atoms with Crippen LogP contribution in [0.5, 0.6) is 0 Å². The molecular weight excluding hydrogens is 247 g/mol. The van der Waals surface area contributed by atoms with Gasteiger partial charge in [0.2, 0.25) is 0 Å². The number of ketones is 1. The van der Waals surface area contributed by atoms with Crippen molar-refractivity contribution in [3.63, 3.8) is 0 Å². The summed E-state index contributed by atoms with van der Waals surface area (Å²) in [7, 11) is 1.51. The summed E-state index contributed by atoms with van der Waals surface area (Å²) in [5.74, 6) is -3.02. The standard InChI is InChI=1S/C11H14F3N3O/c1-17-9(6-15-16-17)10(18)7-4-2-3-5-8(7)11(12,13)14/h6-8H,2-5H2,1H3. The maximum atomic E-state index is 12.9. The molecule has 0 amide bonds. The first-order chi connectivity index (χ1) is 8.41. The molecule has 1 saturated carbocycles. The second-order valence-electron chi connectivity index (χ2n) is 4.65. The number of aromatic nitrogens is 3. The Balaban J connectivity index is 2.25. The molecule has 0 bridgehead atoms. The zero-order chi connectivity index (χ0) is 13.3. The van der Waals surface area contributed by atoms with Crippen molar-refractivity contribution in [2.75, 3.05) is 0 Å². The van der Waals surface area contributed by atoms with Gasteiger partial charge in [-0.2, -0.15) is 13.2 Å². The molecule has 0 N–H and O–H groups in total. The third-order valence-corrected chi connectivity index (χ3v) is 3.49. The highest BCUT2D eigenvalue weighted by molar-refractivity contribution is 5.96. The van der Waals surface area contributed by atoms with Crippen LogP contribution in [0, 0.1) is 11.8 Å². The van der Waals surface area contributed by atoms with E-state index in [-0.39, 0.29) is 18.5 Å². The van der Waals surface area contributed by atoms with Crippen LogP contribution in [0.3, 0.4) is 0 Å². The number of hydrogen-bond donors (Lipinski definition) is 0. The minimum atomic E-state index is -4.31. The van der Waals surface area contributed by atoms with Crippen LogP contribution >= 0.6 is 0 Å². The van der Waals surface area contributed by atoms with Crippen molar-refractivity contribution in [3.8, 4) is 0 Å². The van der Waals surface area contributed by atoms with Gasteiger partial charge in [-0.25, -0.2) is 4.68 Å². The first-order valence-corrected chi connectivity index (χ1v) is 5.87. The Morgan fingerprint density at radius 3 is 2.61 bits per heavy atom. The minimum absolute atomic E-state index is 0.0329. The zero-order valence-electron chi connectivity index (χ0n) is 9.94. The van der Waals surface area contributed by atoms with Gasteiger partial charge >= 0.3 is 6.18 Å². The summed E-state index contributed by atoms with van der Waals surface area (Å²) in [6.07, 6.45) is -1.58. The quantitative estimate of drug-likeness (QED) is 0.768. The van der Waals surface area contributed by atoms with E-state index in [1.165, 1.54) is 17.9 Å². The highest BCUT2D eigenvalue weighted by Gasteiger charge is 2.48. The van der Waals surface area contributed by atoms with Crippen LogP contribution in [-0.4, -0.2) is 27.0 Å². The number of carbonyl (C=O) groups is 1. The lowest BCUT2D eigenvalue weighted by Gasteiger charge is -2.31. The van der Waals surface area contributed by atoms with Crippen LogP contribution in [0.25, 0.3) is 0 Å². The highest BCUT2D eigenvalue weighted by Crippen LogP contribution is 2.42. The lowest BCUT2D eigenvalue weighted by molar-refractivity contribution is -0.191. The monoisotopic (exact) mass is 261 g/mol. The molecule has 1 heterocycles. The van der Waals surface area contributed by atoms with E-state index in [4.69, 9.17) is 0 Å². The van der Waals surface area contributed by atoms with Crippen molar-refractivity contribution < 1.29 is 18.0 Å². The Labute approximate surface area is 102 Å². The van der Waals surface area contributed by atoms with E-state index in [0.717, 1.165) is 0 Å². The largest absolute Gasteiger partial charge is 0.392 e. The molecule has 18 heavy (non-hydrogen) atoms. The van der Waals surface area contributed by atoms with E-state index < -0.39 is 23.8 Å². The molecule has 0 aliphatic heterocycles. The number of hydrogen-bond acceptors (Lipinski definition) is 3. The molecule has 2 unspecified atom stereocenters. The number of Topliss-reactive ketones (excluding diaryl/α,β-unsaturated/α-hetero) is 1. The average molecular weight is 261 g/mol. The van der Waals surface area contributed by atoms with Gasteiger partial charge in [-0.15, -0.1) is 5.10 Å². The van der Waals surface area contributed by atoms with Crippen LogP contribution in [0.2, 0.25) is 0 Å². The number of aryl methyl sites for hydroxylation is 1. The molecule has 1 aliphatic carbocycles. The van der Waals surface area contributed by atoms with Gasteiger partial charge in [-0.05, 0) is 12.8 Å². The van der Waals surface area contributed by atoms with Gasteiger partial charge in [0.05, 0.1) is 12.1 Å². The average Bonchev–Trinajstić information content (AvgIpc) is 2.73. The van der Waals surface area contributed by atoms with Crippen molar-refractivity contribution in [2.45, 2.75) is 31.9 Å². The Hall–Kier alpha value is -1.40. The Morgan fingerprint density at radius 2 is 2.06 bits per heavy atom. The summed E-state index contributed by atoms with van der Waals surface area (Å²) in [5.41, 5.74) is 0.149. The first-order valence-electron chi connectivity index (χ1n) is 5.87. The fraction of sp³-hybridized carbons (Fsp3) is 0.727. The molecule has 1 aliphatic rings. The highest BCUT2D eigenvalue weighted by atomic mass is 19.4. The number of rotatable bonds is 2. The molecule has 1 fully saturated rings. The molecular formula is C11H14F3N3O. The lowest BCUT2D eigenvalue weighted by atomic mass is 9.76. The smallest absolute Gasteiger partial charge is 0.292 e. The van der Waals surface area contributed by atoms with Crippen molar-refractivity contribution in [2.24, 2.45) is 18.9 Å². The summed E-state index contributed by atoms with van der Waals surface area (Å²) in [5, 5.41) is 7.12. The van der Waals surface area contributed by atoms with Crippen molar-refractivity contribution >= 4 is 5.78 Å². The minimum Gasteiger partial charge on any atom is -0.292 e. The second kappa shape index (κ2) is 4.70. The molecule has 7 heteroatoms. The maximum absolute atomic E-state index is 12.9. The molecule has 0 radical (unpaired) electrons. The van der Waals surface area contributed by atoms with Crippen LogP contribution in [-0.2, 0) is 7.05 Å². The number of carbonyl (C=O) groups excluding carboxylic acids is 1. The Bertz CT molecular complexity index is 441. The van der Waals surface area contributed by atoms with E-state index >= 15 is 0 Å². The molecule has 0 spiro atoms. The van der Waals surface area contributed by atoms with Gasteiger partial charge < -0.3 is 0 Å². The number of halogens is 3. The molecule has 1 aromatic heterocycles. The number of nitrogens with zero attached hydrogens (tertiary/aromatic N) is 3. The van der Waals surface area contributed by atoms with Crippen LogP contribution in [0.4, 0.5) is 13.2 Å². The molecule has 0 aromatic carbocycles. The fourth-order valence-corrected chi connectivity index (χ4v) is 2.54. The molecule has 100 valence electrons.